The first-order valence-corrected chi connectivity index (χ1v) is 9.05. The van der Waals surface area contributed by atoms with Crippen LogP contribution in [0.5, 0.6) is 5.88 Å². The minimum Gasteiger partial charge on any atom is -0.474 e. The van der Waals surface area contributed by atoms with Gasteiger partial charge in [-0.05, 0) is 44.4 Å². The first-order chi connectivity index (χ1) is 11.5. The third-order valence-corrected chi connectivity index (χ3v) is 4.83. The Morgan fingerprint density at radius 1 is 1.21 bits per heavy atom. The lowest BCUT2D eigenvalue weighted by atomic mass is 10.2. The molecule has 0 radical (unpaired) electrons. The number of rotatable bonds is 5. The van der Waals surface area contributed by atoms with E-state index in [1.165, 1.54) is 0 Å². The van der Waals surface area contributed by atoms with Crippen molar-refractivity contribution in [2.24, 2.45) is 0 Å². The molecule has 0 saturated carbocycles. The van der Waals surface area contributed by atoms with Gasteiger partial charge in [0.05, 0.1) is 22.4 Å². The van der Waals surface area contributed by atoms with Crippen LogP contribution in [0.25, 0.3) is 0 Å². The van der Waals surface area contributed by atoms with Gasteiger partial charge in [-0.1, -0.05) is 37.0 Å². The Kier molecular flexibility index (Phi) is 5.16. The van der Waals surface area contributed by atoms with Crippen LogP contribution in [0, 0.1) is 6.92 Å². The van der Waals surface area contributed by atoms with Crippen molar-refractivity contribution < 1.29 is 4.74 Å². The highest BCUT2D eigenvalue weighted by Crippen LogP contribution is 2.40. The highest BCUT2D eigenvalue weighted by molar-refractivity contribution is 6.36. The Balaban J connectivity index is 2.00. The Labute approximate surface area is 152 Å². The van der Waals surface area contributed by atoms with Gasteiger partial charge in [0.2, 0.25) is 5.88 Å². The van der Waals surface area contributed by atoms with E-state index in [9.17, 15) is 0 Å². The number of aromatic nitrogens is 2. The summed E-state index contributed by atoms with van der Waals surface area (Å²) in [5, 5.41) is 1.24. The van der Waals surface area contributed by atoms with E-state index in [0.717, 1.165) is 42.9 Å². The number of anilines is 2. The Bertz CT molecular complexity index is 747. The number of fused-ring (bicyclic) bond motifs is 1. The molecule has 1 aliphatic heterocycles. The second kappa shape index (κ2) is 7.16. The Morgan fingerprint density at radius 3 is 2.62 bits per heavy atom. The van der Waals surface area contributed by atoms with E-state index in [1.54, 1.807) is 6.07 Å². The highest BCUT2D eigenvalue weighted by atomic mass is 35.5. The van der Waals surface area contributed by atoms with Gasteiger partial charge in [-0.2, -0.15) is 4.98 Å². The molecule has 0 saturated heterocycles. The van der Waals surface area contributed by atoms with Gasteiger partial charge in [0, 0.05) is 11.6 Å². The zero-order chi connectivity index (χ0) is 17.3. The monoisotopic (exact) mass is 365 g/mol. The quantitative estimate of drug-likeness (QED) is 0.715. The lowest BCUT2D eigenvalue weighted by Gasteiger charge is -2.21. The molecule has 4 nitrogen and oxygen atoms in total. The van der Waals surface area contributed by atoms with Gasteiger partial charge in [-0.15, -0.1) is 0 Å². The summed E-state index contributed by atoms with van der Waals surface area (Å²) in [6.45, 7) is 6.94. The number of nitrogens with zero attached hydrogens (tertiary/aromatic N) is 3. The van der Waals surface area contributed by atoms with Gasteiger partial charge in [0.1, 0.15) is 11.6 Å². The zero-order valence-electron chi connectivity index (χ0n) is 14.1. The number of hydrogen-bond donors (Lipinski definition) is 0. The minimum absolute atomic E-state index is 0.177. The maximum absolute atomic E-state index is 6.38. The average molecular weight is 366 g/mol. The molecule has 6 heteroatoms. The fourth-order valence-electron chi connectivity index (χ4n) is 2.97. The average Bonchev–Trinajstić information content (AvgIpc) is 2.96. The normalized spacial score (nSPS) is 13.5. The summed E-state index contributed by atoms with van der Waals surface area (Å²) < 4.78 is 6.14. The third kappa shape index (κ3) is 3.31. The molecule has 1 aromatic carbocycles. The van der Waals surface area contributed by atoms with E-state index in [2.05, 4.69) is 28.7 Å². The molecule has 2 heterocycles. The Morgan fingerprint density at radius 2 is 1.96 bits per heavy atom. The summed E-state index contributed by atoms with van der Waals surface area (Å²) in [6.07, 6.45) is 2.93. The number of aryl methyl sites for hydroxylation is 1. The number of hydrogen-bond acceptors (Lipinski definition) is 4. The van der Waals surface area contributed by atoms with Gasteiger partial charge in [-0.3, -0.25) is 0 Å². The lowest BCUT2D eigenvalue weighted by Crippen LogP contribution is -2.17. The van der Waals surface area contributed by atoms with Crippen LogP contribution in [0.4, 0.5) is 11.5 Å². The van der Waals surface area contributed by atoms with Crippen LogP contribution in [0.1, 0.15) is 38.1 Å². The fourth-order valence-corrected chi connectivity index (χ4v) is 3.48. The van der Waals surface area contributed by atoms with Crippen LogP contribution in [0.3, 0.4) is 0 Å². The molecule has 1 aliphatic rings. The second-order valence-electron chi connectivity index (χ2n) is 5.93. The van der Waals surface area contributed by atoms with Crippen molar-refractivity contribution in [2.75, 3.05) is 11.4 Å². The molecule has 0 atom stereocenters. The SMILES string of the molecule is CCC(CC)Oc1nc(C)nc2c1CCN2c1ccc(Cl)cc1Cl. The van der Waals surface area contributed by atoms with E-state index in [1.807, 2.05) is 19.1 Å². The molecule has 128 valence electrons. The van der Waals surface area contributed by atoms with E-state index in [-0.39, 0.29) is 6.10 Å². The summed E-state index contributed by atoms with van der Waals surface area (Å²) in [5.74, 6) is 2.29. The Hall–Kier alpha value is -1.52. The molecule has 24 heavy (non-hydrogen) atoms. The molecular weight excluding hydrogens is 345 g/mol. The first-order valence-electron chi connectivity index (χ1n) is 8.30. The van der Waals surface area contributed by atoms with E-state index >= 15 is 0 Å². The van der Waals surface area contributed by atoms with Crippen molar-refractivity contribution in [2.45, 2.75) is 46.1 Å². The van der Waals surface area contributed by atoms with Crippen molar-refractivity contribution in [3.8, 4) is 5.88 Å². The summed E-state index contributed by atoms with van der Waals surface area (Å²) in [5.41, 5.74) is 1.96. The molecule has 2 aromatic rings. The molecule has 0 aliphatic carbocycles. The third-order valence-electron chi connectivity index (χ3n) is 4.29. The van der Waals surface area contributed by atoms with Gasteiger partial charge < -0.3 is 9.64 Å². The van der Waals surface area contributed by atoms with Crippen LogP contribution < -0.4 is 9.64 Å². The molecule has 0 amide bonds. The van der Waals surface area contributed by atoms with Crippen LogP contribution in [0.15, 0.2) is 18.2 Å². The van der Waals surface area contributed by atoms with Crippen molar-refractivity contribution in [3.05, 3.63) is 39.6 Å². The molecule has 0 bridgehead atoms. The number of halogens is 2. The lowest BCUT2D eigenvalue weighted by molar-refractivity contribution is 0.183. The van der Waals surface area contributed by atoms with Gasteiger partial charge in [-0.25, -0.2) is 4.98 Å². The maximum Gasteiger partial charge on any atom is 0.222 e. The topological polar surface area (TPSA) is 38.3 Å². The van der Waals surface area contributed by atoms with Gasteiger partial charge in [0.25, 0.3) is 0 Å². The molecule has 0 unspecified atom stereocenters. The van der Waals surface area contributed by atoms with Crippen LogP contribution in [0.2, 0.25) is 10.0 Å². The van der Waals surface area contributed by atoms with Crippen LogP contribution in [-0.4, -0.2) is 22.6 Å². The van der Waals surface area contributed by atoms with Gasteiger partial charge >= 0.3 is 0 Å². The van der Waals surface area contributed by atoms with Crippen molar-refractivity contribution in [1.29, 1.82) is 0 Å². The molecule has 3 rings (SSSR count). The smallest absolute Gasteiger partial charge is 0.222 e. The zero-order valence-corrected chi connectivity index (χ0v) is 15.7. The highest BCUT2D eigenvalue weighted by Gasteiger charge is 2.29. The summed E-state index contributed by atoms with van der Waals surface area (Å²) in [4.78, 5) is 11.3. The van der Waals surface area contributed by atoms with Crippen molar-refractivity contribution in [1.82, 2.24) is 9.97 Å². The van der Waals surface area contributed by atoms with E-state index in [4.69, 9.17) is 27.9 Å². The predicted molar refractivity (Wildman–Crippen MR) is 98.9 cm³/mol. The number of ether oxygens (including phenoxy) is 1. The van der Waals surface area contributed by atoms with E-state index in [0.29, 0.717) is 21.7 Å². The molecular formula is C18H21Cl2N3O. The van der Waals surface area contributed by atoms with Crippen LogP contribution in [-0.2, 0) is 6.42 Å². The molecule has 0 N–H and O–H groups in total. The van der Waals surface area contributed by atoms with Crippen molar-refractivity contribution in [3.63, 3.8) is 0 Å². The van der Waals surface area contributed by atoms with Crippen LogP contribution >= 0.6 is 23.2 Å². The summed E-state index contributed by atoms with van der Waals surface area (Å²) >= 11 is 12.4. The molecule has 1 aromatic heterocycles. The van der Waals surface area contributed by atoms with E-state index < -0.39 is 0 Å². The minimum atomic E-state index is 0.177. The van der Waals surface area contributed by atoms with Crippen molar-refractivity contribution >= 4 is 34.7 Å². The summed E-state index contributed by atoms with van der Waals surface area (Å²) in [7, 11) is 0. The van der Waals surface area contributed by atoms with Gasteiger partial charge in [0.15, 0.2) is 0 Å². The largest absolute Gasteiger partial charge is 0.474 e. The maximum atomic E-state index is 6.38. The first kappa shape index (κ1) is 17.3. The molecule has 0 spiro atoms. The second-order valence-corrected chi connectivity index (χ2v) is 6.78. The number of benzene rings is 1. The standard InChI is InChI=1S/C18H21Cl2N3O/c1-4-13(5-2)24-18-14-8-9-23(17(14)21-11(3)22-18)16-7-6-12(19)10-15(16)20/h6-7,10,13H,4-5,8-9H2,1-3H3. The fraction of sp³-hybridized carbons (Fsp3) is 0.444. The molecule has 0 fully saturated rings. The summed E-state index contributed by atoms with van der Waals surface area (Å²) in [6, 6.07) is 5.53. The predicted octanol–water partition coefficient (Wildman–Crippen LogP) is 5.35.